The van der Waals surface area contributed by atoms with Gasteiger partial charge < -0.3 is 15.3 Å². The van der Waals surface area contributed by atoms with Gasteiger partial charge in [-0.2, -0.15) is 0 Å². The molecule has 2 N–H and O–H groups in total. The van der Waals surface area contributed by atoms with Crippen LogP contribution in [0.25, 0.3) is 0 Å². The van der Waals surface area contributed by atoms with Crippen LogP contribution < -0.4 is 5.32 Å². The Morgan fingerprint density at radius 1 is 1.62 bits per heavy atom. The minimum absolute atomic E-state index is 0.126. The summed E-state index contributed by atoms with van der Waals surface area (Å²) in [6.07, 6.45) is 1.88. The van der Waals surface area contributed by atoms with Crippen molar-refractivity contribution < 1.29 is 9.90 Å². The van der Waals surface area contributed by atoms with Crippen LogP contribution in [0.5, 0.6) is 0 Å². The minimum Gasteiger partial charge on any atom is -0.481 e. The summed E-state index contributed by atoms with van der Waals surface area (Å²) in [5.41, 5.74) is 0. The SMILES string of the molecule is CN(C)CCCNC1CC1C(=O)O. The van der Waals surface area contributed by atoms with Gasteiger partial charge in [-0.1, -0.05) is 0 Å². The second-order valence-corrected chi connectivity index (χ2v) is 3.90. The van der Waals surface area contributed by atoms with Crippen LogP contribution in [-0.4, -0.2) is 49.2 Å². The molecule has 0 spiro atoms. The van der Waals surface area contributed by atoms with E-state index in [9.17, 15) is 4.79 Å². The Labute approximate surface area is 78.9 Å². The van der Waals surface area contributed by atoms with Gasteiger partial charge in [-0.25, -0.2) is 0 Å². The molecule has 0 bridgehead atoms. The molecule has 2 atom stereocenters. The number of nitrogens with zero attached hydrogens (tertiary/aromatic N) is 1. The van der Waals surface area contributed by atoms with E-state index < -0.39 is 5.97 Å². The molecule has 0 amide bonds. The molecule has 4 heteroatoms. The third-order valence-electron chi connectivity index (χ3n) is 2.30. The molecule has 0 aromatic rings. The minimum atomic E-state index is -0.662. The van der Waals surface area contributed by atoms with Crippen LogP contribution in [0.2, 0.25) is 0 Å². The average Bonchev–Trinajstić information content (AvgIpc) is 2.76. The van der Waals surface area contributed by atoms with Crippen molar-refractivity contribution in [2.45, 2.75) is 18.9 Å². The molecule has 0 saturated heterocycles. The van der Waals surface area contributed by atoms with E-state index >= 15 is 0 Å². The zero-order chi connectivity index (χ0) is 9.84. The summed E-state index contributed by atoms with van der Waals surface area (Å²) in [6.45, 7) is 1.98. The van der Waals surface area contributed by atoms with Gasteiger partial charge in [-0.05, 0) is 40.0 Å². The van der Waals surface area contributed by atoms with Gasteiger partial charge in [0.1, 0.15) is 0 Å². The lowest BCUT2D eigenvalue weighted by atomic mass is 10.4. The highest BCUT2D eigenvalue weighted by molar-refractivity contribution is 5.74. The fourth-order valence-corrected chi connectivity index (χ4v) is 1.38. The van der Waals surface area contributed by atoms with Gasteiger partial charge >= 0.3 is 5.97 Å². The molecule has 0 heterocycles. The van der Waals surface area contributed by atoms with Gasteiger partial charge in [0.15, 0.2) is 0 Å². The maximum Gasteiger partial charge on any atom is 0.308 e. The van der Waals surface area contributed by atoms with E-state index in [2.05, 4.69) is 10.2 Å². The van der Waals surface area contributed by atoms with Crippen LogP contribution in [0.4, 0.5) is 0 Å². The molecular formula is C9H18N2O2. The van der Waals surface area contributed by atoms with E-state index in [1.807, 2.05) is 14.1 Å². The molecule has 1 aliphatic rings. The zero-order valence-corrected chi connectivity index (χ0v) is 8.29. The first-order valence-corrected chi connectivity index (χ1v) is 4.72. The van der Waals surface area contributed by atoms with Gasteiger partial charge in [0.25, 0.3) is 0 Å². The average molecular weight is 186 g/mol. The van der Waals surface area contributed by atoms with Crippen LogP contribution in [-0.2, 0) is 4.79 Å². The predicted molar refractivity (Wildman–Crippen MR) is 50.7 cm³/mol. The van der Waals surface area contributed by atoms with E-state index in [4.69, 9.17) is 5.11 Å². The quantitative estimate of drug-likeness (QED) is 0.573. The van der Waals surface area contributed by atoms with E-state index in [1.54, 1.807) is 0 Å². The lowest BCUT2D eigenvalue weighted by Gasteiger charge is -2.09. The number of rotatable bonds is 6. The van der Waals surface area contributed by atoms with Crippen LogP contribution in [0.1, 0.15) is 12.8 Å². The molecule has 76 valence electrons. The fourth-order valence-electron chi connectivity index (χ4n) is 1.38. The molecule has 2 unspecified atom stereocenters. The van der Waals surface area contributed by atoms with Crippen LogP contribution >= 0.6 is 0 Å². The first-order valence-electron chi connectivity index (χ1n) is 4.72. The van der Waals surface area contributed by atoms with E-state index in [1.165, 1.54) is 0 Å². The van der Waals surface area contributed by atoms with Crippen molar-refractivity contribution >= 4 is 5.97 Å². The smallest absolute Gasteiger partial charge is 0.308 e. The van der Waals surface area contributed by atoms with Gasteiger partial charge in [0.2, 0.25) is 0 Å². The Morgan fingerprint density at radius 3 is 2.77 bits per heavy atom. The van der Waals surface area contributed by atoms with Crippen molar-refractivity contribution in [1.82, 2.24) is 10.2 Å². The molecule has 0 radical (unpaired) electrons. The van der Waals surface area contributed by atoms with Crippen LogP contribution in [0.3, 0.4) is 0 Å². The predicted octanol–water partition coefficient (Wildman–Crippen LogP) is 0.000800. The highest BCUT2D eigenvalue weighted by Gasteiger charge is 2.42. The third-order valence-corrected chi connectivity index (χ3v) is 2.30. The summed E-state index contributed by atoms with van der Waals surface area (Å²) in [5, 5.41) is 11.9. The number of nitrogens with one attached hydrogen (secondary N) is 1. The van der Waals surface area contributed by atoms with Crippen LogP contribution in [0, 0.1) is 5.92 Å². The number of hydrogen-bond acceptors (Lipinski definition) is 3. The Bertz CT molecular complexity index is 182. The third kappa shape index (κ3) is 3.74. The molecular weight excluding hydrogens is 168 g/mol. The molecule has 4 nitrogen and oxygen atoms in total. The molecule has 1 aliphatic carbocycles. The van der Waals surface area contributed by atoms with Gasteiger partial charge in [-0.15, -0.1) is 0 Å². The summed E-state index contributed by atoms with van der Waals surface area (Å²) in [6, 6.07) is 0.236. The van der Waals surface area contributed by atoms with Crippen molar-refractivity contribution in [1.29, 1.82) is 0 Å². The van der Waals surface area contributed by atoms with Gasteiger partial charge in [0, 0.05) is 6.04 Å². The number of aliphatic carboxylic acids is 1. The maximum absolute atomic E-state index is 10.5. The van der Waals surface area contributed by atoms with E-state index in [0.717, 1.165) is 25.9 Å². The molecule has 13 heavy (non-hydrogen) atoms. The Kier molecular flexibility index (Phi) is 3.69. The topological polar surface area (TPSA) is 52.6 Å². The Morgan fingerprint density at radius 2 is 2.31 bits per heavy atom. The van der Waals surface area contributed by atoms with E-state index in [-0.39, 0.29) is 12.0 Å². The second-order valence-electron chi connectivity index (χ2n) is 3.90. The zero-order valence-electron chi connectivity index (χ0n) is 8.29. The summed E-state index contributed by atoms with van der Waals surface area (Å²) in [7, 11) is 4.08. The van der Waals surface area contributed by atoms with Gasteiger partial charge in [0.05, 0.1) is 5.92 Å². The molecule has 1 saturated carbocycles. The van der Waals surface area contributed by atoms with Gasteiger partial charge in [-0.3, -0.25) is 4.79 Å². The first-order chi connectivity index (χ1) is 6.11. The number of hydrogen-bond donors (Lipinski definition) is 2. The highest BCUT2D eigenvalue weighted by atomic mass is 16.4. The maximum atomic E-state index is 10.5. The van der Waals surface area contributed by atoms with E-state index in [0.29, 0.717) is 0 Å². The second kappa shape index (κ2) is 4.58. The molecule has 0 aromatic heterocycles. The largest absolute Gasteiger partial charge is 0.481 e. The Balaban J connectivity index is 1.94. The standard InChI is InChI=1S/C9H18N2O2/c1-11(2)5-3-4-10-8-6-7(8)9(12)13/h7-8,10H,3-6H2,1-2H3,(H,12,13). The van der Waals surface area contributed by atoms with Crippen molar-refractivity contribution in [3.63, 3.8) is 0 Å². The number of carbonyl (C=O) groups is 1. The molecule has 1 fully saturated rings. The summed E-state index contributed by atoms with van der Waals surface area (Å²) in [4.78, 5) is 12.6. The summed E-state index contributed by atoms with van der Waals surface area (Å²) < 4.78 is 0. The fraction of sp³-hybridized carbons (Fsp3) is 0.889. The van der Waals surface area contributed by atoms with Crippen molar-refractivity contribution in [3.8, 4) is 0 Å². The lowest BCUT2D eigenvalue weighted by Crippen LogP contribution is -2.25. The van der Waals surface area contributed by atoms with Crippen molar-refractivity contribution in [2.24, 2.45) is 5.92 Å². The normalized spacial score (nSPS) is 26.4. The number of carboxylic acids is 1. The number of carboxylic acid groups (broad SMARTS) is 1. The first kappa shape index (κ1) is 10.5. The molecule has 0 aliphatic heterocycles. The summed E-state index contributed by atoms with van der Waals surface area (Å²) in [5.74, 6) is -0.788. The van der Waals surface area contributed by atoms with Crippen molar-refractivity contribution in [3.05, 3.63) is 0 Å². The van der Waals surface area contributed by atoms with Crippen LogP contribution in [0.15, 0.2) is 0 Å². The highest BCUT2D eigenvalue weighted by Crippen LogP contribution is 2.29. The summed E-state index contributed by atoms with van der Waals surface area (Å²) >= 11 is 0. The monoisotopic (exact) mass is 186 g/mol. The molecule has 1 rings (SSSR count). The molecule has 0 aromatic carbocycles. The lowest BCUT2D eigenvalue weighted by molar-refractivity contribution is -0.138. The van der Waals surface area contributed by atoms with Crippen molar-refractivity contribution in [2.75, 3.05) is 27.2 Å². The Hall–Kier alpha value is -0.610.